The highest BCUT2D eigenvalue weighted by Crippen LogP contribution is 2.27. The van der Waals surface area contributed by atoms with Gasteiger partial charge in [0.05, 0.1) is 16.8 Å². The fourth-order valence-electron chi connectivity index (χ4n) is 1.03. The zero-order chi connectivity index (χ0) is 11.6. The van der Waals surface area contributed by atoms with Gasteiger partial charge >= 0.3 is 0 Å². The summed E-state index contributed by atoms with van der Waals surface area (Å²) in [6.45, 7) is 3.23. The van der Waals surface area contributed by atoms with Gasteiger partial charge in [-0.05, 0) is 19.9 Å². The summed E-state index contributed by atoms with van der Waals surface area (Å²) in [4.78, 5) is 0. The van der Waals surface area contributed by atoms with Gasteiger partial charge in [-0.25, -0.2) is 8.78 Å². The average Bonchev–Trinajstić information content (AvgIpc) is 2.10. The van der Waals surface area contributed by atoms with Crippen molar-refractivity contribution in [2.75, 3.05) is 5.32 Å². The van der Waals surface area contributed by atoms with Crippen LogP contribution in [0.15, 0.2) is 12.1 Å². The van der Waals surface area contributed by atoms with Gasteiger partial charge in [-0.3, -0.25) is 0 Å². The predicted octanol–water partition coefficient (Wildman–Crippen LogP) is 2.80. The lowest BCUT2D eigenvalue weighted by Gasteiger charge is -2.19. The molecule has 0 heterocycles. The van der Waals surface area contributed by atoms with Crippen LogP contribution in [0, 0.1) is 11.6 Å². The molecule has 5 heteroatoms. The Hall–Kier alpha value is -0.870. The van der Waals surface area contributed by atoms with Crippen LogP contribution >= 0.6 is 11.6 Å². The van der Waals surface area contributed by atoms with Gasteiger partial charge in [-0.2, -0.15) is 0 Å². The van der Waals surface area contributed by atoms with E-state index >= 15 is 0 Å². The van der Waals surface area contributed by atoms with Crippen molar-refractivity contribution in [3.05, 3.63) is 28.8 Å². The molecular weight excluding hydrogens is 224 g/mol. The molecule has 2 nitrogen and oxygen atoms in total. The number of hydrogen-bond acceptors (Lipinski definition) is 2. The smallest absolute Gasteiger partial charge is 0.150 e. The molecule has 0 saturated heterocycles. The summed E-state index contributed by atoms with van der Waals surface area (Å²) in [5.41, 5.74) is 0.00599. The van der Waals surface area contributed by atoms with Gasteiger partial charge in [0.15, 0.2) is 5.82 Å². The third kappa shape index (κ3) is 3.04. The molecule has 2 N–H and O–H groups in total. The number of benzene rings is 1. The molecule has 1 aromatic carbocycles. The Labute approximate surface area is 91.9 Å². The molecule has 1 rings (SSSR count). The summed E-state index contributed by atoms with van der Waals surface area (Å²) in [6, 6.07) is 1.38. The summed E-state index contributed by atoms with van der Waals surface area (Å²) >= 11 is 5.66. The maximum atomic E-state index is 13.3. The molecule has 0 spiro atoms. The molecule has 84 valence electrons. The lowest BCUT2D eigenvalue weighted by Crippen LogP contribution is -2.28. The number of hydrogen-bond donors (Lipinski definition) is 2. The van der Waals surface area contributed by atoms with Gasteiger partial charge in [-0.15, -0.1) is 0 Å². The maximum absolute atomic E-state index is 13.3. The van der Waals surface area contributed by atoms with E-state index in [1.807, 2.05) is 0 Å². The highest BCUT2D eigenvalue weighted by atomic mass is 35.5. The lowest BCUT2D eigenvalue weighted by atomic mass is 10.2. The quantitative estimate of drug-likeness (QED) is 0.845. The Balaban J connectivity index is 2.95. The molecule has 0 fully saturated rings. The molecule has 15 heavy (non-hydrogen) atoms. The number of halogens is 3. The molecule has 0 amide bonds. The largest absolute Gasteiger partial charge is 0.391 e. The Morgan fingerprint density at radius 1 is 1.33 bits per heavy atom. The van der Waals surface area contributed by atoms with E-state index in [-0.39, 0.29) is 16.8 Å². The zero-order valence-corrected chi connectivity index (χ0v) is 9.15. The number of anilines is 1. The molecule has 0 aliphatic heterocycles. The SMILES string of the molecule is CC(O)C(C)Nc1c(F)cc(F)cc1Cl. The minimum atomic E-state index is -0.771. The molecule has 0 bridgehead atoms. The van der Waals surface area contributed by atoms with Crippen molar-refractivity contribution in [1.82, 2.24) is 0 Å². The van der Waals surface area contributed by atoms with Crippen molar-refractivity contribution >= 4 is 17.3 Å². The van der Waals surface area contributed by atoms with E-state index in [0.717, 1.165) is 12.1 Å². The summed E-state index contributed by atoms with van der Waals surface area (Å²) in [6.07, 6.45) is -0.662. The third-order valence-corrected chi connectivity index (χ3v) is 2.40. The number of aliphatic hydroxyl groups is 1. The normalized spacial score (nSPS) is 14.8. The van der Waals surface area contributed by atoms with Crippen molar-refractivity contribution in [2.24, 2.45) is 0 Å². The van der Waals surface area contributed by atoms with Gasteiger partial charge < -0.3 is 10.4 Å². The van der Waals surface area contributed by atoms with Gasteiger partial charge in [0.25, 0.3) is 0 Å². The van der Waals surface area contributed by atoms with Crippen LogP contribution in [0.25, 0.3) is 0 Å². The van der Waals surface area contributed by atoms with E-state index in [4.69, 9.17) is 11.6 Å². The number of rotatable bonds is 3. The van der Waals surface area contributed by atoms with Crippen LogP contribution in [0.5, 0.6) is 0 Å². The Kier molecular flexibility index (Phi) is 3.88. The summed E-state index contributed by atoms with van der Waals surface area (Å²) in [5.74, 6) is -1.50. The van der Waals surface area contributed by atoms with Crippen molar-refractivity contribution in [3.63, 3.8) is 0 Å². The van der Waals surface area contributed by atoms with Crippen molar-refractivity contribution in [3.8, 4) is 0 Å². The lowest BCUT2D eigenvalue weighted by molar-refractivity contribution is 0.177. The second-order valence-electron chi connectivity index (χ2n) is 3.42. The summed E-state index contributed by atoms with van der Waals surface area (Å²) in [5, 5.41) is 11.9. The first-order valence-corrected chi connectivity index (χ1v) is 4.88. The minimum absolute atomic E-state index is 0.00599. The number of nitrogens with one attached hydrogen (secondary N) is 1. The van der Waals surface area contributed by atoms with Crippen molar-refractivity contribution in [2.45, 2.75) is 26.0 Å². The van der Waals surface area contributed by atoms with Crippen LogP contribution in [0.4, 0.5) is 14.5 Å². The van der Waals surface area contributed by atoms with E-state index in [1.54, 1.807) is 13.8 Å². The standard InChI is InChI=1S/C10H12ClF2NO/c1-5(6(2)15)14-10-8(11)3-7(12)4-9(10)13/h3-6,14-15H,1-2H3. The van der Waals surface area contributed by atoms with Crippen molar-refractivity contribution < 1.29 is 13.9 Å². The van der Waals surface area contributed by atoms with Gasteiger partial charge in [0.1, 0.15) is 5.82 Å². The first-order chi connectivity index (χ1) is 6.91. The van der Waals surface area contributed by atoms with Crippen molar-refractivity contribution in [1.29, 1.82) is 0 Å². The molecule has 0 aliphatic rings. The highest BCUT2D eigenvalue weighted by Gasteiger charge is 2.14. The van der Waals surface area contributed by atoms with Gasteiger partial charge in [0, 0.05) is 12.1 Å². The highest BCUT2D eigenvalue weighted by molar-refractivity contribution is 6.33. The summed E-state index contributed by atoms with van der Waals surface area (Å²) < 4.78 is 26.0. The van der Waals surface area contributed by atoms with Crippen LogP contribution in [0.3, 0.4) is 0 Å². The van der Waals surface area contributed by atoms with Crippen LogP contribution in [0.1, 0.15) is 13.8 Å². The fourth-order valence-corrected chi connectivity index (χ4v) is 1.28. The monoisotopic (exact) mass is 235 g/mol. The topological polar surface area (TPSA) is 32.3 Å². The van der Waals surface area contributed by atoms with E-state index in [0.29, 0.717) is 0 Å². The molecule has 2 unspecified atom stereocenters. The third-order valence-electron chi connectivity index (χ3n) is 2.10. The minimum Gasteiger partial charge on any atom is -0.391 e. The van der Waals surface area contributed by atoms with E-state index in [1.165, 1.54) is 0 Å². The molecule has 0 aromatic heterocycles. The molecule has 2 atom stereocenters. The van der Waals surface area contributed by atoms with Gasteiger partial charge in [-0.1, -0.05) is 11.6 Å². The van der Waals surface area contributed by atoms with Crippen LogP contribution in [-0.4, -0.2) is 17.3 Å². The molecule has 1 aromatic rings. The second-order valence-corrected chi connectivity index (χ2v) is 3.83. The Bertz CT molecular complexity index is 334. The summed E-state index contributed by atoms with van der Waals surface area (Å²) in [7, 11) is 0. The first-order valence-electron chi connectivity index (χ1n) is 4.51. The second kappa shape index (κ2) is 4.77. The number of aliphatic hydroxyl groups excluding tert-OH is 1. The van der Waals surface area contributed by atoms with Crippen LogP contribution in [-0.2, 0) is 0 Å². The van der Waals surface area contributed by atoms with E-state index < -0.39 is 17.7 Å². The maximum Gasteiger partial charge on any atom is 0.150 e. The first kappa shape index (κ1) is 12.2. The average molecular weight is 236 g/mol. The molecular formula is C10H12ClF2NO. The van der Waals surface area contributed by atoms with E-state index in [2.05, 4.69) is 5.32 Å². The van der Waals surface area contributed by atoms with E-state index in [9.17, 15) is 13.9 Å². The Morgan fingerprint density at radius 3 is 2.40 bits per heavy atom. The fraction of sp³-hybridized carbons (Fsp3) is 0.400. The predicted molar refractivity (Wildman–Crippen MR) is 56.1 cm³/mol. The molecule has 0 saturated carbocycles. The van der Waals surface area contributed by atoms with Crippen LogP contribution in [0.2, 0.25) is 5.02 Å². The molecule has 0 radical (unpaired) electrons. The zero-order valence-electron chi connectivity index (χ0n) is 8.39. The van der Waals surface area contributed by atoms with Crippen LogP contribution < -0.4 is 5.32 Å². The Morgan fingerprint density at radius 2 is 1.93 bits per heavy atom. The van der Waals surface area contributed by atoms with Gasteiger partial charge in [0.2, 0.25) is 0 Å². The molecule has 0 aliphatic carbocycles.